The second-order valence-corrected chi connectivity index (χ2v) is 5.29. The molecule has 4 nitrogen and oxygen atoms in total. The average Bonchev–Trinajstić information content (AvgIpc) is 3.16. The molecule has 0 amide bonds. The summed E-state index contributed by atoms with van der Waals surface area (Å²) in [4.78, 5) is 8.74. The van der Waals surface area contributed by atoms with Gasteiger partial charge in [0.2, 0.25) is 0 Å². The van der Waals surface area contributed by atoms with Crippen molar-refractivity contribution in [3.05, 3.63) is 54.3 Å². The van der Waals surface area contributed by atoms with Crippen molar-refractivity contribution in [2.75, 3.05) is 0 Å². The first kappa shape index (κ1) is 11.3. The molecular weight excluding hydrogens is 268 g/mol. The molecule has 0 unspecified atom stereocenters. The van der Waals surface area contributed by atoms with E-state index in [2.05, 4.69) is 38.4 Å². The van der Waals surface area contributed by atoms with E-state index in [9.17, 15) is 0 Å². The maximum absolute atomic E-state index is 4.37. The van der Waals surface area contributed by atoms with E-state index in [0.29, 0.717) is 0 Å². The zero-order valence-electron chi connectivity index (χ0n) is 10.4. The summed E-state index contributed by atoms with van der Waals surface area (Å²) in [6.45, 7) is 0. The van der Waals surface area contributed by atoms with Gasteiger partial charge in [-0.05, 0) is 29.8 Å². The summed E-state index contributed by atoms with van der Waals surface area (Å²) in [5.74, 6) is 0. The normalized spacial score (nSPS) is 11.0. The minimum Gasteiger partial charge on any atom is -0.276 e. The Morgan fingerprint density at radius 3 is 2.95 bits per heavy atom. The van der Waals surface area contributed by atoms with Gasteiger partial charge in [0.05, 0.1) is 33.3 Å². The molecule has 0 aliphatic carbocycles. The molecule has 0 saturated heterocycles. The number of pyridine rings is 1. The molecule has 1 aromatic carbocycles. The van der Waals surface area contributed by atoms with Crippen LogP contribution < -0.4 is 0 Å². The number of hydrogen-bond acceptors (Lipinski definition) is 4. The van der Waals surface area contributed by atoms with Crippen LogP contribution in [0.15, 0.2) is 54.3 Å². The molecule has 0 saturated carbocycles. The summed E-state index contributed by atoms with van der Waals surface area (Å²) in [7, 11) is 0. The molecule has 0 spiro atoms. The lowest BCUT2D eigenvalue weighted by Crippen LogP contribution is -1.85. The Morgan fingerprint density at radius 1 is 1.05 bits per heavy atom. The van der Waals surface area contributed by atoms with E-state index >= 15 is 0 Å². The lowest BCUT2D eigenvalue weighted by atomic mass is 10.0. The van der Waals surface area contributed by atoms with Crippen LogP contribution in [0.4, 0.5) is 0 Å². The highest BCUT2D eigenvalue weighted by molar-refractivity contribution is 7.16. The van der Waals surface area contributed by atoms with Crippen LogP contribution in [-0.4, -0.2) is 20.2 Å². The summed E-state index contributed by atoms with van der Waals surface area (Å²) in [5.41, 5.74) is 6.83. The van der Waals surface area contributed by atoms with Crippen LogP contribution in [0.1, 0.15) is 0 Å². The van der Waals surface area contributed by atoms with Crippen molar-refractivity contribution in [1.29, 1.82) is 0 Å². The Hall–Kier alpha value is -2.53. The van der Waals surface area contributed by atoms with Crippen LogP contribution in [0, 0.1) is 0 Å². The number of rotatable bonds is 2. The van der Waals surface area contributed by atoms with Gasteiger partial charge in [0.15, 0.2) is 0 Å². The van der Waals surface area contributed by atoms with Gasteiger partial charge in [0.1, 0.15) is 0 Å². The molecule has 4 rings (SSSR count). The van der Waals surface area contributed by atoms with Crippen LogP contribution in [0.5, 0.6) is 0 Å². The molecule has 0 aliphatic heterocycles. The van der Waals surface area contributed by atoms with Gasteiger partial charge in [-0.2, -0.15) is 5.10 Å². The van der Waals surface area contributed by atoms with E-state index in [1.54, 1.807) is 17.5 Å². The van der Waals surface area contributed by atoms with Crippen LogP contribution in [0.3, 0.4) is 0 Å². The number of aromatic nitrogens is 4. The number of benzene rings is 1. The average molecular weight is 278 g/mol. The molecule has 20 heavy (non-hydrogen) atoms. The first-order valence-electron chi connectivity index (χ1n) is 6.20. The lowest BCUT2D eigenvalue weighted by Gasteiger charge is -2.02. The van der Waals surface area contributed by atoms with Gasteiger partial charge >= 0.3 is 0 Å². The van der Waals surface area contributed by atoms with E-state index in [1.807, 2.05) is 29.9 Å². The number of H-pyrrole nitrogens is 1. The summed E-state index contributed by atoms with van der Waals surface area (Å²) < 4.78 is 1.19. The monoisotopic (exact) mass is 278 g/mol. The Balaban J connectivity index is 1.88. The fraction of sp³-hybridized carbons (Fsp3) is 0. The Labute approximate surface area is 119 Å². The van der Waals surface area contributed by atoms with Crippen molar-refractivity contribution in [1.82, 2.24) is 20.2 Å². The number of nitrogens with zero attached hydrogens (tertiary/aromatic N) is 3. The SMILES string of the molecule is c1ccc(-c2[nH]ncc2-c2ccc3scnc3c2)nc1. The van der Waals surface area contributed by atoms with Crippen molar-refractivity contribution in [3.8, 4) is 22.5 Å². The number of thiazole rings is 1. The van der Waals surface area contributed by atoms with Gasteiger partial charge in [-0.25, -0.2) is 4.98 Å². The zero-order chi connectivity index (χ0) is 13.4. The third-order valence-corrected chi connectivity index (χ3v) is 4.01. The maximum Gasteiger partial charge on any atom is 0.0912 e. The van der Waals surface area contributed by atoms with Crippen LogP contribution in [0.2, 0.25) is 0 Å². The number of hydrogen-bond donors (Lipinski definition) is 1. The molecule has 1 N–H and O–H groups in total. The molecule has 0 aliphatic rings. The molecule has 3 heterocycles. The highest BCUT2D eigenvalue weighted by Gasteiger charge is 2.11. The number of nitrogens with one attached hydrogen (secondary N) is 1. The summed E-state index contributed by atoms with van der Waals surface area (Å²) >= 11 is 1.65. The quantitative estimate of drug-likeness (QED) is 0.607. The Morgan fingerprint density at radius 2 is 2.05 bits per heavy atom. The van der Waals surface area contributed by atoms with Gasteiger partial charge in [0, 0.05) is 11.8 Å². The topological polar surface area (TPSA) is 54.5 Å². The van der Waals surface area contributed by atoms with E-state index in [4.69, 9.17) is 0 Å². The van der Waals surface area contributed by atoms with E-state index in [1.165, 1.54) is 4.70 Å². The minimum absolute atomic E-state index is 0.887. The molecule has 0 fully saturated rings. The van der Waals surface area contributed by atoms with Crippen LogP contribution in [-0.2, 0) is 0 Å². The van der Waals surface area contributed by atoms with Gasteiger partial charge in [-0.1, -0.05) is 12.1 Å². The van der Waals surface area contributed by atoms with Crippen LogP contribution >= 0.6 is 11.3 Å². The molecule has 0 atom stereocenters. The fourth-order valence-electron chi connectivity index (χ4n) is 2.24. The second-order valence-electron chi connectivity index (χ2n) is 4.41. The molecule has 4 aromatic rings. The first-order valence-corrected chi connectivity index (χ1v) is 7.08. The molecule has 0 radical (unpaired) electrons. The van der Waals surface area contributed by atoms with Gasteiger partial charge in [-0.15, -0.1) is 11.3 Å². The Bertz CT molecular complexity index is 864. The lowest BCUT2D eigenvalue weighted by molar-refractivity contribution is 1.09. The first-order chi connectivity index (χ1) is 9.92. The summed E-state index contributed by atoms with van der Waals surface area (Å²) in [6, 6.07) is 12.1. The highest BCUT2D eigenvalue weighted by atomic mass is 32.1. The van der Waals surface area contributed by atoms with Crippen molar-refractivity contribution in [2.45, 2.75) is 0 Å². The van der Waals surface area contributed by atoms with E-state index in [-0.39, 0.29) is 0 Å². The zero-order valence-corrected chi connectivity index (χ0v) is 11.3. The smallest absolute Gasteiger partial charge is 0.0912 e. The third-order valence-electron chi connectivity index (χ3n) is 3.20. The highest BCUT2D eigenvalue weighted by Crippen LogP contribution is 2.31. The molecule has 5 heteroatoms. The standard InChI is InChI=1S/C15H10N4S/c1-2-6-16-12(3-1)15-11(8-18-19-15)10-4-5-14-13(7-10)17-9-20-14/h1-9H,(H,18,19). The second kappa shape index (κ2) is 4.54. The maximum atomic E-state index is 4.37. The molecule has 96 valence electrons. The van der Waals surface area contributed by atoms with Crippen LogP contribution in [0.25, 0.3) is 32.7 Å². The molecule has 0 bridgehead atoms. The fourth-order valence-corrected chi connectivity index (χ4v) is 2.90. The minimum atomic E-state index is 0.887. The largest absolute Gasteiger partial charge is 0.276 e. The van der Waals surface area contributed by atoms with Crippen molar-refractivity contribution in [2.24, 2.45) is 0 Å². The van der Waals surface area contributed by atoms with E-state index < -0.39 is 0 Å². The predicted molar refractivity (Wildman–Crippen MR) is 80.4 cm³/mol. The summed E-state index contributed by atoms with van der Waals surface area (Å²) in [6.07, 6.45) is 3.61. The summed E-state index contributed by atoms with van der Waals surface area (Å²) in [5, 5.41) is 7.19. The molecule has 3 aromatic heterocycles. The Kier molecular flexibility index (Phi) is 2.57. The van der Waals surface area contributed by atoms with Crippen molar-refractivity contribution >= 4 is 21.6 Å². The molecular formula is C15H10N4S. The van der Waals surface area contributed by atoms with Gasteiger partial charge in [0.25, 0.3) is 0 Å². The van der Waals surface area contributed by atoms with Gasteiger partial charge in [-0.3, -0.25) is 10.1 Å². The number of aromatic amines is 1. The van der Waals surface area contributed by atoms with Crippen molar-refractivity contribution < 1.29 is 0 Å². The van der Waals surface area contributed by atoms with Crippen molar-refractivity contribution in [3.63, 3.8) is 0 Å². The van der Waals surface area contributed by atoms with E-state index in [0.717, 1.165) is 28.0 Å². The van der Waals surface area contributed by atoms with Gasteiger partial charge < -0.3 is 0 Å². The predicted octanol–water partition coefficient (Wildman–Crippen LogP) is 3.75. The third kappa shape index (κ3) is 1.80. The number of fused-ring (bicyclic) bond motifs is 1.